The predicted octanol–water partition coefficient (Wildman–Crippen LogP) is 2.37. The van der Waals surface area contributed by atoms with Crippen molar-refractivity contribution in [1.29, 1.82) is 0 Å². The van der Waals surface area contributed by atoms with Crippen LogP contribution in [-0.4, -0.2) is 35.3 Å². The van der Waals surface area contributed by atoms with Crippen LogP contribution in [0.2, 0.25) is 0 Å². The first-order valence-electron chi connectivity index (χ1n) is 7.47. The van der Waals surface area contributed by atoms with Crippen LogP contribution in [0.25, 0.3) is 0 Å². The lowest BCUT2D eigenvalue weighted by Crippen LogP contribution is -2.39. The zero-order valence-electron chi connectivity index (χ0n) is 13.2. The van der Waals surface area contributed by atoms with Gasteiger partial charge in [-0.25, -0.2) is 0 Å². The molecule has 0 aliphatic heterocycles. The second-order valence-electron chi connectivity index (χ2n) is 5.41. The zero-order chi connectivity index (χ0) is 18.4. The maximum Gasteiger partial charge on any atom is 0.245 e. The molecule has 2 aromatic rings. The van der Waals surface area contributed by atoms with Crippen molar-refractivity contribution in [1.82, 2.24) is 5.32 Å². The summed E-state index contributed by atoms with van der Waals surface area (Å²) in [5, 5.41) is 20.6. The van der Waals surface area contributed by atoms with Crippen molar-refractivity contribution in [2.45, 2.75) is 12.5 Å². The number of rotatable bonds is 7. The largest absolute Gasteiger partial charge is 0.508 e. The van der Waals surface area contributed by atoms with Gasteiger partial charge in [0.15, 0.2) is 5.75 Å². The molecular formula is C17H18I2N2O4. The number of nitrogens with one attached hydrogen (secondary N) is 1. The third-order valence-electron chi connectivity index (χ3n) is 3.32. The lowest BCUT2D eigenvalue weighted by Gasteiger charge is -2.15. The van der Waals surface area contributed by atoms with E-state index in [1.165, 1.54) is 0 Å². The minimum atomic E-state index is -0.536. The highest BCUT2D eigenvalue weighted by Gasteiger charge is 2.13. The number of benzene rings is 2. The Morgan fingerprint density at radius 3 is 2.36 bits per heavy atom. The number of hydrogen-bond donors (Lipinski definition) is 4. The minimum absolute atomic E-state index is 0.189. The summed E-state index contributed by atoms with van der Waals surface area (Å²) < 4.78 is 7.79. The molecule has 0 aromatic heterocycles. The Bertz CT molecular complexity index is 715. The molecule has 0 saturated carbocycles. The average Bonchev–Trinajstić information content (AvgIpc) is 2.57. The predicted molar refractivity (Wildman–Crippen MR) is 112 cm³/mol. The fourth-order valence-electron chi connectivity index (χ4n) is 2.14. The number of nitrogens with two attached hydrogens (primary N) is 1. The molecule has 6 nitrogen and oxygen atoms in total. The summed E-state index contributed by atoms with van der Waals surface area (Å²) in [4.78, 5) is 11.1. The molecule has 0 bridgehead atoms. The number of carbonyl (C=O) groups excluding carboxylic acids is 1. The molecule has 1 atom stereocenters. The number of halogens is 2. The van der Waals surface area contributed by atoms with Gasteiger partial charge in [-0.2, -0.15) is 0 Å². The van der Waals surface area contributed by atoms with Gasteiger partial charge in [0, 0.05) is 12.6 Å². The van der Waals surface area contributed by atoms with Crippen molar-refractivity contribution >= 4 is 51.1 Å². The Balaban J connectivity index is 2.06. The number of amides is 1. The number of ether oxygens (including phenoxy) is 1. The molecule has 25 heavy (non-hydrogen) atoms. The molecule has 0 fully saturated rings. The summed E-state index contributed by atoms with van der Waals surface area (Å²) in [6.07, 6.45) is 0.594. The van der Waals surface area contributed by atoms with Crippen LogP contribution in [0.3, 0.4) is 0 Å². The van der Waals surface area contributed by atoms with Gasteiger partial charge in [-0.05, 0) is 93.6 Å². The van der Waals surface area contributed by atoms with Crippen LogP contribution in [0.4, 0.5) is 0 Å². The maximum atomic E-state index is 11.1. The highest BCUT2D eigenvalue weighted by Crippen LogP contribution is 2.33. The van der Waals surface area contributed by atoms with Crippen LogP contribution < -0.4 is 15.8 Å². The van der Waals surface area contributed by atoms with Gasteiger partial charge in [0.2, 0.25) is 5.91 Å². The monoisotopic (exact) mass is 568 g/mol. The fraction of sp³-hybridized carbons (Fsp3) is 0.235. The highest BCUT2D eigenvalue weighted by atomic mass is 127. The van der Waals surface area contributed by atoms with Gasteiger partial charge in [0.1, 0.15) is 18.1 Å². The topological polar surface area (TPSA) is 105 Å². The molecule has 1 unspecified atom stereocenters. The molecular weight excluding hydrogens is 550 g/mol. The van der Waals surface area contributed by atoms with Gasteiger partial charge in [-0.15, -0.1) is 0 Å². The first kappa shape index (κ1) is 20.2. The molecule has 0 aliphatic rings. The van der Waals surface area contributed by atoms with Crippen molar-refractivity contribution in [3.05, 3.63) is 49.1 Å². The summed E-state index contributed by atoms with van der Waals surface area (Å²) >= 11 is 4.41. The van der Waals surface area contributed by atoms with E-state index in [0.717, 1.165) is 18.5 Å². The fourth-order valence-corrected chi connectivity index (χ4v) is 4.25. The lowest BCUT2D eigenvalue weighted by molar-refractivity contribution is -0.123. The number of aliphatic hydroxyl groups excluding tert-OH is 1. The van der Waals surface area contributed by atoms with Gasteiger partial charge < -0.3 is 26.0 Å². The van der Waals surface area contributed by atoms with Crippen LogP contribution >= 0.6 is 45.2 Å². The third kappa shape index (κ3) is 6.28. The van der Waals surface area contributed by atoms with E-state index in [4.69, 9.17) is 15.6 Å². The van der Waals surface area contributed by atoms with Gasteiger partial charge in [0.25, 0.3) is 0 Å². The number of aliphatic hydroxyl groups is 1. The first-order chi connectivity index (χ1) is 11.9. The molecule has 0 saturated heterocycles. The molecule has 2 rings (SSSR count). The van der Waals surface area contributed by atoms with Gasteiger partial charge in [-0.1, -0.05) is 0 Å². The SMILES string of the molecule is NC(CNC(=O)CO)Cc1cc(I)c(Oc2ccc(O)cc2)c(I)c1. The van der Waals surface area contributed by atoms with Gasteiger partial charge >= 0.3 is 0 Å². The van der Waals surface area contributed by atoms with Crippen molar-refractivity contribution < 1.29 is 19.7 Å². The molecule has 2 aromatic carbocycles. The zero-order valence-corrected chi connectivity index (χ0v) is 17.5. The first-order valence-corrected chi connectivity index (χ1v) is 9.62. The third-order valence-corrected chi connectivity index (χ3v) is 4.92. The van der Waals surface area contributed by atoms with E-state index in [2.05, 4.69) is 50.5 Å². The number of aromatic hydroxyl groups is 1. The van der Waals surface area contributed by atoms with E-state index in [-0.39, 0.29) is 11.8 Å². The number of phenols is 1. The minimum Gasteiger partial charge on any atom is -0.508 e. The van der Waals surface area contributed by atoms with E-state index < -0.39 is 12.5 Å². The van der Waals surface area contributed by atoms with Gasteiger partial charge in [0.05, 0.1) is 7.14 Å². The Kier molecular flexibility index (Phi) is 7.72. The summed E-state index contributed by atoms with van der Waals surface area (Å²) in [6.45, 7) is -0.232. The van der Waals surface area contributed by atoms with Crippen molar-refractivity contribution in [2.24, 2.45) is 5.73 Å². The van der Waals surface area contributed by atoms with Crippen LogP contribution in [0, 0.1) is 7.14 Å². The Morgan fingerprint density at radius 1 is 1.20 bits per heavy atom. The summed E-state index contributed by atoms with van der Waals surface area (Å²) in [5.41, 5.74) is 7.07. The lowest BCUT2D eigenvalue weighted by atomic mass is 10.1. The molecule has 0 radical (unpaired) electrons. The molecule has 5 N–H and O–H groups in total. The maximum absolute atomic E-state index is 11.1. The number of carbonyl (C=O) groups is 1. The standard InChI is InChI=1S/C17H18I2N2O4/c18-14-6-10(5-11(20)8-21-16(24)9-22)7-15(19)17(14)25-13-3-1-12(23)2-4-13/h1-4,6-7,11,22-23H,5,8-9,20H2,(H,21,24). The van der Waals surface area contributed by atoms with E-state index in [0.29, 0.717) is 18.7 Å². The highest BCUT2D eigenvalue weighted by molar-refractivity contribution is 14.1. The van der Waals surface area contributed by atoms with Crippen LogP contribution in [-0.2, 0) is 11.2 Å². The van der Waals surface area contributed by atoms with Crippen molar-refractivity contribution in [3.63, 3.8) is 0 Å². The van der Waals surface area contributed by atoms with Gasteiger partial charge in [-0.3, -0.25) is 4.79 Å². The summed E-state index contributed by atoms with van der Waals surface area (Å²) in [5.74, 6) is 1.15. The Hall–Kier alpha value is -1.11. The molecule has 0 spiro atoms. The Morgan fingerprint density at radius 2 is 1.80 bits per heavy atom. The van der Waals surface area contributed by atoms with Crippen molar-refractivity contribution in [3.8, 4) is 17.2 Å². The van der Waals surface area contributed by atoms with Crippen LogP contribution in [0.15, 0.2) is 36.4 Å². The number of hydrogen-bond acceptors (Lipinski definition) is 5. The van der Waals surface area contributed by atoms with E-state index in [9.17, 15) is 9.90 Å². The Labute approximate surface area is 173 Å². The quantitative estimate of drug-likeness (QED) is 0.385. The molecule has 0 aliphatic carbocycles. The molecule has 8 heteroatoms. The van der Waals surface area contributed by atoms with E-state index in [1.807, 2.05) is 12.1 Å². The molecule has 0 heterocycles. The van der Waals surface area contributed by atoms with E-state index in [1.54, 1.807) is 24.3 Å². The normalized spacial score (nSPS) is 11.8. The summed E-state index contributed by atoms with van der Waals surface area (Å²) in [7, 11) is 0. The molecule has 134 valence electrons. The second kappa shape index (κ2) is 9.55. The van der Waals surface area contributed by atoms with E-state index >= 15 is 0 Å². The molecule has 1 amide bonds. The van der Waals surface area contributed by atoms with Crippen LogP contribution in [0.1, 0.15) is 5.56 Å². The second-order valence-corrected chi connectivity index (χ2v) is 7.74. The smallest absolute Gasteiger partial charge is 0.245 e. The average molecular weight is 568 g/mol. The number of phenolic OH excluding ortho intramolecular Hbond substituents is 1. The van der Waals surface area contributed by atoms with Crippen molar-refractivity contribution in [2.75, 3.05) is 13.2 Å². The van der Waals surface area contributed by atoms with Crippen LogP contribution in [0.5, 0.6) is 17.2 Å². The summed E-state index contributed by atoms with van der Waals surface area (Å²) in [6, 6.07) is 10.3.